The van der Waals surface area contributed by atoms with E-state index >= 15 is 0 Å². The molecule has 3 nitrogen and oxygen atoms in total. The summed E-state index contributed by atoms with van der Waals surface area (Å²) in [6.45, 7) is 2.45. The van der Waals surface area contributed by atoms with Crippen LogP contribution in [0.5, 0.6) is 0 Å². The highest BCUT2D eigenvalue weighted by Crippen LogP contribution is 2.10. The fourth-order valence-corrected chi connectivity index (χ4v) is 2.01. The molecular formula is C13H18N2OS. The number of ether oxygens (including phenoxy) is 1. The summed E-state index contributed by atoms with van der Waals surface area (Å²) in [6.07, 6.45) is 2.62. The molecule has 1 fully saturated rings. The molecule has 1 heterocycles. The quantitative estimate of drug-likeness (QED) is 0.799. The van der Waals surface area contributed by atoms with Crippen LogP contribution >= 0.6 is 12.2 Å². The molecule has 17 heavy (non-hydrogen) atoms. The van der Waals surface area contributed by atoms with Crippen molar-refractivity contribution in [1.82, 2.24) is 10.6 Å². The molecule has 1 aliphatic heterocycles. The van der Waals surface area contributed by atoms with Gasteiger partial charge in [0.05, 0.1) is 6.10 Å². The lowest BCUT2D eigenvalue weighted by Gasteiger charge is -2.13. The van der Waals surface area contributed by atoms with Crippen molar-refractivity contribution in [3.8, 4) is 0 Å². The third-order valence-electron chi connectivity index (χ3n) is 2.81. The van der Waals surface area contributed by atoms with Crippen LogP contribution in [0, 0.1) is 0 Å². The second-order valence-electron chi connectivity index (χ2n) is 4.18. The zero-order valence-corrected chi connectivity index (χ0v) is 10.6. The van der Waals surface area contributed by atoms with Crippen molar-refractivity contribution in [2.45, 2.75) is 25.5 Å². The summed E-state index contributed by atoms with van der Waals surface area (Å²) < 4.78 is 5.52. The molecule has 1 aromatic carbocycles. The Balaban J connectivity index is 1.64. The van der Waals surface area contributed by atoms with Crippen LogP contribution in [0.2, 0.25) is 0 Å². The van der Waals surface area contributed by atoms with Gasteiger partial charge < -0.3 is 15.4 Å². The van der Waals surface area contributed by atoms with E-state index in [0.717, 1.165) is 32.5 Å². The smallest absolute Gasteiger partial charge is 0.166 e. The number of rotatable bonds is 4. The Hall–Kier alpha value is -1.13. The Morgan fingerprint density at radius 1 is 1.29 bits per heavy atom. The van der Waals surface area contributed by atoms with E-state index in [4.69, 9.17) is 17.0 Å². The zero-order chi connectivity index (χ0) is 11.9. The molecule has 0 radical (unpaired) electrons. The number of nitrogens with one attached hydrogen (secondary N) is 2. The van der Waals surface area contributed by atoms with Crippen molar-refractivity contribution in [2.75, 3.05) is 13.2 Å². The molecule has 0 aromatic heterocycles. The Morgan fingerprint density at radius 3 is 2.82 bits per heavy atom. The maximum absolute atomic E-state index is 5.52. The van der Waals surface area contributed by atoms with Crippen LogP contribution in [-0.2, 0) is 11.3 Å². The first-order chi connectivity index (χ1) is 8.34. The molecule has 0 aliphatic carbocycles. The summed E-state index contributed by atoms with van der Waals surface area (Å²) in [5.41, 5.74) is 1.23. The molecule has 1 aliphatic rings. The van der Waals surface area contributed by atoms with E-state index in [1.54, 1.807) is 0 Å². The lowest BCUT2D eigenvalue weighted by atomic mass is 10.2. The molecule has 4 heteroatoms. The van der Waals surface area contributed by atoms with Crippen molar-refractivity contribution >= 4 is 17.3 Å². The van der Waals surface area contributed by atoms with E-state index in [1.165, 1.54) is 5.56 Å². The van der Waals surface area contributed by atoms with Gasteiger partial charge in [0.25, 0.3) is 0 Å². The summed E-state index contributed by atoms with van der Waals surface area (Å²) in [5.74, 6) is 0. The largest absolute Gasteiger partial charge is 0.376 e. The van der Waals surface area contributed by atoms with Gasteiger partial charge in [0.2, 0.25) is 0 Å². The van der Waals surface area contributed by atoms with E-state index in [9.17, 15) is 0 Å². The minimum absolute atomic E-state index is 0.325. The van der Waals surface area contributed by atoms with Gasteiger partial charge in [-0.15, -0.1) is 0 Å². The van der Waals surface area contributed by atoms with Crippen LogP contribution in [0.1, 0.15) is 18.4 Å². The second kappa shape index (κ2) is 6.57. The highest BCUT2D eigenvalue weighted by Gasteiger charge is 2.14. The molecule has 92 valence electrons. The van der Waals surface area contributed by atoms with Crippen LogP contribution in [0.15, 0.2) is 30.3 Å². The number of thiocarbonyl (C=S) groups is 1. The van der Waals surface area contributed by atoms with Gasteiger partial charge in [0, 0.05) is 19.7 Å². The van der Waals surface area contributed by atoms with Crippen molar-refractivity contribution in [3.63, 3.8) is 0 Å². The molecule has 1 saturated heterocycles. The van der Waals surface area contributed by atoms with Gasteiger partial charge in [-0.1, -0.05) is 30.3 Å². The van der Waals surface area contributed by atoms with Crippen LogP contribution in [0.4, 0.5) is 0 Å². The minimum atomic E-state index is 0.325. The summed E-state index contributed by atoms with van der Waals surface area (Å²) in [5, 5.41) is 7.08. The van der Waals surface area contributed by atoms with E-state index < -0.39 is 0 Å². The van der Waals surface area contributed by atoms with Crippen LogP contribution in [-0.4, -0.2) is 24.4 Å². The monoisotopic (exact) mass is 250 g/mol. The normalized spacial score (nSPS) is 18.9. The fourth-order valence-electron chi connectivity index (χ4n) is 1.85. The molecule has 1 atom stereocenters. The van der Waals surface area contributed by atoms with E-state index in [2.05, 4.69) is 22.8 Å². The van der Waals surface area contributed by atoms with Crippen molar-refractivity contribution in [1.29, 1.82) is 0 Å². The molecule has 0 spiro atoms. The van der Waals surface area contributed by atoms with Gasteiger partial charge in [-0.2, -0.15) is 0 Å². The van der Waals surface area contributed by atoms with E-state index in [0.29, 0.717) is 11.2 Å². The fraction of sp³-hybridized carbons (Fsp3) is 0.462. The highest BCUT2D eigenvalue weighted by atomic mass is 32.1. The standard InChI is InChI=1S/C13H18N2OS/c17-13(15-10-12-7-4-8-16-12)14-9-11-5-2-1-3-6-11/h1-3,5-6,12H,4,7-10H2,(H2,14,15,17)/t12-/m1/s1. The van der Waals surface area contributed by atoms with Gasteiger partial charge in [-0.25, -0.2) is 0 Å². The van der Waals surface area contributed by atoms with Crippen molar-refractivity contribution in [3.05, 3.63) is 35.9 Å². The average molecular weight is 250 g/mol. The number of benzene rings is 1. The third-order valence-corrected chi connectivity index (χ3v) is 3.10. The third kappa shape index (κ3) is 4.32. The topological polar surface area (TPSA) is 33.3 Å². The van der Waals surface area contributed by atoms with E-state index in [1.807, 2.05) is 18.2 Å². The molecule has 0 unspecified atom stereocenters. The lowest BCUT2D eigenvalue weighted by molar-refractivity contribution is 0.114. The molecule has 2 N–H and O–H groups in total. The molecule has 0 bridgehead atoms. The summed E-state index contributed by atoms with van der Waals surface area (Å²) >= 11 is 5.21. The van der Waals surface area contributed by atoms with Gasteiger partial charge in [0.1, 0.15) is 0 Å². The maximum Gasteiger partial charge on any atom is 0.166 e. The Morgan fingerprint density at radius 2 is 2.12 bits per heavy atom. The minimum Gasteiger partial charge on any atom is -0.376 e. The zero-order valence-electron chi connectivity index (χ0n) is 9.82. The van der Waals surface area contributed by atoms with Gasteiger partial charge in [0.15, 0.2) is 5.11 Å². The van der Waals surface area contributed by atoms with Crippen LogP contribution < -0.4 is 10.6 Å². The molecule has 1 aromatic rings. The lowest BCUT2D eigenvalue weighted by Crippen LogP contribution is -2.39. The first kappa shape index (κ1) is 12.3. The SMILES string of the molecule is S=C(NCc1ccccc1)NC[C@H]1CCCO1. The predicted molar refractivity (Wildman–Crippen MR) is 72.9 cm³/mol. The van der Waals surface area contributed by atoms with Crippen LogP contribution in [0.25, 0.3) is 0 Å². The molecule has 0 amide bonds. The summed E-state index contributed by atoms with van der Waals surface area (Å²) in [6, 6.07) is 10.2. The maximum atomic E-state index is 5.52. The first-order valence-electron chi connectivity index (χ1n) is 6.02. The highest BCUT2D eigenvalue weighted by molar-refractivity contribution is 7.80. The van der Waals surface area contributed by atoms with Crippen LogP contribution in [0.3, 0.4) is 0 Å². The Labute approximate surface area is 108 Å². The second-order valence-corrected chi connectivity index (χ2v) is 4.59. The summed E-state index contributed by atoms with van der Waals surface area (Å²) in [7, 11) is 0. The van der Waals surface area contributed by atoms with Crippen molar-refractivity contribution in [2.24, 2.45) is 0 Å². The molecule has 0 saturated carbocycles. The Bertz CT molecular complexity index is 350. The van der Waals surface area contributed by atoms with E-state index in [-0.39, 0.29) is 0 Å². The summed E-state index contributed by atoms with van der Waals surface area (Å²) in [4.78, 5) is 0. The molecular weight excluding hydrogens is 232 g/mol. The number of hydrogen-bond donors (Lipinski definition) is 2. The van der Waals surface area contributed by atoms with Gasteiger partial charge in [-0.3, -0.25) is 0 Å². The first-order valence-corrected chi connectivity index (χ1v) is 6.42. The van der Waals surface area contributed by atoms with Gasteiger partial charge in [-0.05, 0) is 30.6 Å². The van der Waals surface area contributed by atoms with Crippen molar-refractivity contribution < 1.29 is 4.74 Å². The number of hydrogen-bond acceptors (Lipinski definition) is 2. The molecule has 2 rings (SSSR count). The average Bonchev–Trinajstić information content (AvgIpc) is 2.88. The van der Waals surface area contributed by atoms with Gasteiger partial charge >= 0.3 is 0 Å². The Kier molecular flexibility index (Phi) is 4.76. The predicted octanol–water partition coefficient (Wildman–Crippen LogP) is 1.83.